The van der Waals surface area contributed by atoms with Gasteiger partial charge in [-0.1, -0.05) is 23.7 Å². The summed E-state index contributed by atoms with van der Waals surface area (Å²) in [5, 5.41) is 14.3. The number of rotatable bonds is 7. The van der Waals surface area contributed by atoms with Crippen LogP contribution in [0.2, 0.25) is 5.02 Å². The van der Waals surface area contributed by atoms with Crippen molar-refractivity contribution in [3.63, 3.8) is 0 Å². The molecule has 1 N–H and O–H groups in total. The lowest BCUT2D eigenvalue weighted by Crippen LogP contribution is -2.11. The van der Waals surface area contributed by atoms with Gasteiger partial charge in [0.2, 0.25) is 5.91 Å². The highest BCUT2D eigenvalue weighted by atomic mass is 35.5. The summed E-state index contributed by atoms with van der Waals surface area (Å²) in [4.78, 5) is 22.4. The molecule has 0 unspecified atom stereocenters. The molecule has 2 aromatic rings. The Bertz CT molecular complexity index is 732. The first kappa shape index (κ1) is 17.7. The largest absolute Gasteiger partial charge is 0.490 e. The van der Waals surface area contributed by atoms with E-state index in [0.29, 0.717) is 23.6 Å². The number of carbonyl (C=O) groups is 1. The summed E-state index contributed by atoms with van der Waals surface area (Å²) in [5.41, 5.74) is 1.29. The third-order valence-corrected chi connectivity index (χ3v) is 3.69. The number of amides is 1. The van der Waals surface area contributed by atoms with E-state index >= 15 is 0 Å². The zero-order valence-corrected chi connectivity index (χ0v) is 13.9. The molecule has 0 saturated heterocycles. The van der Waals surface area contributed by atoms with Crippen molar-refractivity contribution in [3.8, 4) is 5.75 Å². The highest BCUT2D eigenvalue weighted by molar-refractivity contribution is 6.30. The molecule has 0 radical (unpaired) electrons. The Balaban J connectivity index is 1.89. The summed E-state index contributed by atoms with van der Waals surface area (Å²) in [6, 6.07) is 11.8. The lowest BCUT2D eigenvalue weighted by molar-refractivity contribution is -0.385. The van der Waals surface area contributed by atoms with E-state index < -0.39 is 4.92 Å². The lowest BCUT2D eigenvalue weighted by Gasteiger charge is -2.07. The topological polar surface area (TPSA) is 81.5 Å². The van der Waals surface area contributed by atoms with Crippen LogP contribution in [0.1, 0.15) is 18.4 Å². The number of halogens is 1. The minimum absolute atomic E-state index is 0.153. The minimum Gasteiger partial charge on any atom is -0.490 e. The highest BCUT2D eigenvalue weighted by Gasteiger charge is 2.16. The highest BCUT2D eigenvalue weighted by Crippen LogP contribution is 2.29. The Morgan fingerprint density at radius 1 is 1.25 bits per heavy atom. The van der Waals surface area contributed by atoms with Gasteiger partial charge in [-0.25, -0.2) is 0 Å². The molecule has 2 rings (SSSR count). The number of nitrogens with one attached hydrogen (secondary N) is 1. The van der Waals surface area contributed by atoms with E-state index in [1.807, 2.05) is 24.3 Å². The number of nitro groups is 1. The van der Waals surface area contributed by atoms with E-state index in [1.54, 1.807) is 6.07 Å². The van der Waals surface area contributed by atoms with E-state index in [1.165, 1.54) is 19.2 Å². The van der Waals surface area contributed by atoms with Crippen LogP contribution in [0.15, 0.2) is 42.5 Å². The van der Waals surface area contributed by atoms with Crippen LogP contribution in [0, 0.1) is 10.1 Å². The molecule has 0 aliphatic rings. The van der Waals surface area contributed by atoms with Crippen LogP contribution in [0.5, 0.6) is 5.75 Å². The van der Waals surface area contributed by atoms with Crippen molar-refractivity contribution in [1.29, 1.82) is 0 Å². The van der Waals surface area contributed by atoms with Gasteiger partial charge in [-0.3, -0.25) is 14.9 Å². The van der Waals surface area contributed by atoms with Gasteiger partial charge in [0.25, 0.3) is 0 Å². The summed E-state index contributed by atoms with van der Waals surface area (Å²) in [6.07, 6.45) is 1.75. The maximum atomic E-state index is 12.0. The fraction of sp³-hybridized carbons (Fsp3) is 0.235. The molecule has 0 bridgehead atoms. The molecule has 126 valence electrons. The molecule has 0 aromatic heterocycles. The number of nitrogens with zero attached hydrogens (tertiary/aromatic N) is 1. The fourth-order valence-corrected chi connectivity index (χ4v) is 2.36. The van der Waals surface area contributed by atoms with E-state index in [2.05, 4.69) is 5.32 Å². The molecular formula is C17H17ClN2O4. The number of methoxy groups -OCH3 is 1. The molecule has 6 nitrogen and oxygen atoms in total. The maximum absolute atomic E-state index is 12.0. The average Bonchev–Trinajstić information content (AvgIpc) is 2.56. The van der Waals surface area contributed by atoms with Gasteiger partial charge >= 0.3 is 5.69 Å². The van der Waals surface area contributed by atoms with Crippen molar-refractivity contribution in [3.05, 3.63) is 63.2 Å². The van der Waals surface area contributed by atoms with Gasteiger partial charge in [0.05, 0.1) is 12.0 Å². The van der Waals surface area contributed by atoms with Crippen LogP contribution in [0.3, 0.4) is 0 Å². The average molecular weight is 349 g/mol. The predicted octanol–water partition coefficient (Wildman–Crippen LogP) is 4.22. The third kappa shape index (κ3) is 4.96. The number of hydrogen-bond donors (Lipinski definition) is 1. The molecule has 0 aliphatic heterocycles. The second kappa shape index (κ2) is 8.31. The van der Waals surface area contributed by atoms with Gasteiger partial charge in [-0.15, -0.1) is 0 Å². The van der Waals surface area contributed by atoms with Gasteiger partial charge in [-0.2, -0.15) is 0 Å². The summed E-state index contributed by atoms with van der Waals surface area (Å²) in [5.74, 6) is -0.0378. The summed E-state index contributed by atoms with van der Waals surface area (Å²) < 4.78 is 4.93. The van der Waals surface area contributed by atoms with Gasteiger partial charge in [-0.05, 0) is 42.7 Å². The van der Waals surface area contributed by atoms with Crippen molar-refractivity contribution in [2.24, 2.45) is 0 Å². The molecule has 1 amide bonds. The quantitative estimate of drug-likeness (QED) is 0.600. The van der Waals surface area contributed by atoms with Crippen molar-refractivity contribution >= 4 is 28.9 Å². The number of carbonyl (C=O) groups excluding carboxylic acids is 1. The molecule has 0 spiro atoms. The van der Waals surface area contributed by atoms with Crippen LogP contribution < -0.4 is 10.1 Å². The molecule has 0 fully saturated rings. The van der Waals surface area contributed by atoms with Gasteiger partial charge in [0, 0.05) is 23.2 Å². The third-order valence-electron chi connectivity index (χ3n) is 3.44. The lowest BCUT2D eigenvalue weighted by atomic mass is 10.1. The SMILES string of the molecule is COc1ccc(NC(=O)CCCc2ccc(Cl)cc2)cc1[N+](=O)[O-]. The van der Waals surface area contributed by atoms with Crippen molar-refractivity contribution < 1.29 is 14.5 Å². The van der Waals surface area contributed by atoms with E-state index in [-0.39, 0.29) is 17.3 Å². The Hall–Kier alpha value is -2.60. The van der Waals surface area contributed by atoms with Crippen molar-refractivity contribution in [2.45, 2.75) is 19.3 Å². The first-order chi connectivity index (χ1) is 11.5. The first-order valence-corrected chi connectivity index (χ1v) is 7.74. The molecule has 0 saturated carbocycles. The summed E-state index contributed by atoms with van der Waals surface area (Å²) >= 11 is 5.82. The first-order valence-electron chi connectivity index (χ1n) is 7.36. The Labute approximate surface area is 144 Å². The number of aryl methyl sites for hydroxylation is 1. The molecular weight excluding hydrogens is 332 g/mol. The Kier molecular flexibility index (Phi) is 6.14. The Morgan fingerprint density at radius 2 is 1.96 bits per heavy atom. The monoisotopic (exact) mass is 348 g/mol. The van der Waals surface area contributed by atoms with Crippen LogP contribution >= 0.6 is 11.6 Å². The zero-order chi connectivity index (χ0) is 17.5. The van der Waals surface area contributed by atoms with Crippen LogP contribution in [0.25, 0.3) is 0 Å². The van der Waals surface area contributed by atoms with E-state index in [4.69, 9.17) is 16.3 Å². The van der Waals surface area contributed by atoms with Gasteiger partial charge in [0.1, 0.15) is 0 Å². The van der Waals surface area contributed by atoms with Crippen LogP contribution in [-0.4, -0.2) is 17.9 Å². The van der Waals surface area contributed by atoms with Crippen LogP contribution in [-0.2, 0) is 11.2 Å². The normalized spacial score (nSPS) is 10.2. The van der Waals surface area contributed by atoms with Crippen LogP contribution in [0.4, 0.5) is 11.4 Å². The fourth-order valence-electron chi connectivity index (χ4n) is 2.24. The molecule has 0 heterocycles. The predicted molar refractivity (Wildman–Crippen MR) is 92.7 cm³/mol. The number of ether oxygens (including phenoxy) is 1. The smallest absolute Gasteiger partial charge is 0.312 e. The zero-order valence-electron chi connectivity index (χ0n) is 13.1. The summed E-state index contributed by atoms with van der Waals surface area (Å²) in [6.45, 7) is 0. The van der Waals surface area contributed by atoms with Gasteiger partial charge < -0.3 is 10.1 Å². The van der Waals surface area contributed by atoms with E-state index in [0.717, 1.165) is 12.0 Å². The molecule has 2 aromatic carbocycles. The number of anilines is 1. The number of hydrogen-bond acceptors (Lipinski definition) is 4. The number of nitro benzene ring substituents is 1. The Morgan fingerprint density at radius 3 is 2.58 bits per heavy atom. The molecule has 0 aliphatic carbocycles. The summed E-state index contributed by atoms with van der Waals surface area (Å²) in [7, 11) is 1.36. The van der Waals surface area contributed by atoms with Crippen molar-refractivity contribution in [2.75, 3.05) is 12.4 Å². The van der Waals surface area contributed by atoms with Crippen molar-refractivity contribution in [1.82, 2.24) is 0 Å². The van der Waals surface area contributed by atoms with Gasteiger partial charge in [0.15, 0.2) is 5.75 Å². The molecule has 7 heteroatoms. The minimum atomic E-state index is -0.547. The standard InChI is InChI=1S/C17H17ClN2O4/c1-24-16-10-9-14(11-15(16)20(22)23)19-17(21)4-2-3-12-5-7-13(18)8-6-12/h5-11H,2-4H2,1H3,(H,19,21). The number of benzene rings is 2. The molecule has 24 heavy (non-hydrogen) atoms. The maximum Gasteiger partial charge on any atom is 0.312 e. The second-order valence-electron chi connectivity index (χ2n) is 5.17. The molecule has 0 atom stereocenters. The van der Waals surface area contributed by atoms with E-state index in [9.17, 15) is 14.9 Å². The second-order valence-corrected chi connectivity index (χ2v) is 5.61.